The van der Waals surface area contributed by atoms with Crippen molar-refractivity contribution in [3.8, 4) is 5.75 Å². The Bertz CT molecular complexity index is 417. The molecule has 1 heterocycles. The van der Waals surface area contributed by atoms with Crippen LogP contribution in [0.1, 0.15) is 30.1 Å². The molecule has 1 aliphatic rings. The predicted molar refractivity (Wildman–Crippen MR) is 55.1 cm³/mol. The minimum absolute atomic E-state index is 0.164. The summed E-state index contributed by atoms with van der Waals surface area (Å²) in [7, 11) is 0. The number of rotatable bonds is 2. The summed E-state index contributed by atoms with van der Waals surface area (Å²) in [5, 5.41) is 0.164. The van der Waals surface area contributed by atoms with Gasteiger partial charge in [-0.2, -0.15) is 0 Å². The van der Waals surface area contributed by atoms with E-state index in [0.29, 0.717) is 12.2 Å². The summed E-state index contributed by atoms with van der Waals surface area (Å²) >= 11 is 5.79. The second kappa shape index (κ2) is 3.81. The van der Waals surface area contributed by atoms with Gasteiger partial charge >= 0.3 is 0 Å². The zero-order chi connectivity index (χ0) is 11.0. The molecular weight excluding hydrogens is 219 g/mol. The minimum Gasteiger partial charge on any atom is -0.480 e. The van der Waals surface area contributed by atoms with Gasteiger partial charge in [0.1, 0.15) is 11.6 Å². The van der Waals surface area contributed by atoms with Crippen LogP contribution < -0.4 is 4.74 Å². The van der Waals surface area contributed by atoms with Gasteiger partial charge in [-0.25, -0.2) is 4.39 Å². The molecule has 1 aromatic rings. The lowest BCUT2D eigenvalue weighted by molar-refractivity contribution is 0.0845. The van der Waals surface area contributed by atoms with Gasteiger partial charge in [-0.05, 0) is 18.6 Å². The number of benzene rings is 1. The standard InChI is InChI=1S/C11H10ClFO2/c1-2-3-9-10(14)7-4-6(13)5-8(12)11(7)15-9/h4-5,9H,2-3H2,1H3. The molecule has 0 spiro atoms. The van der Waals surface area contributed by atoms with Crippen LogP contribution in [-0.2, 0) is 0 Å². The Hall–Kier alpha value is -1.09. The molecule has 0 bridgehead atoms. The number of ketones is 1. The SMILES string of the molecule is CCCC1Oc2c(Cl)cc(F)cc2C1=O. The van der Waals surface area contributed by atoms with Crippen molar-refractivity contribution in [1.29, 1.82) is 0 Å². The van der Waals surface area contributed by atoms with Gasteiger partial charge in [-0.3, -0.25) is 4.79 Å². The summed E-state index contributed by atoms with van der Waals surface area (Å²) in [5.74, 6) is -0.359. The molecule has 0 saturated heterocycles. The molecule has 15 heavy (non-hydrogen) atoms. The maximum absolute atomic E-state index is 13.0. The van der Waals surface area contributed by atoms with Crippen LogP contribution in [0.2, 0.25) is 5.02 Å². The van der Waals surface area contributed by atoms with Crippen molar-refractivity contribution in [2.24, 2.45) is 0 Å². The maximum atomic E-state index is 13.0. The van der Waals surface area contributed by atoms with Crippen molar-refractivity contribution in [2.45, 2.75) is 25.9 Å². The smallest absolute Gasteiger partial charge is 0.207 e. The zero-order valence-electron chi connectivity index (χ0n) is 8.22. The van der Waals surface area contributed by atoms with Crippen LogP contribution in [0.4, 0.5) is 4.39 Å². The highest BCUT2D eigenvalue weighted by Gasteiger charge is 2.33. The zero-order valence-corrected chi connectivity index (χ0v) is 8.97. The molecule has 0 N–H and O–H groups in total. The molecule has 4 heteroatoms. The summed E-state index contributed by atoms with van der Waals surface area (Å²) in [5.41, 5.74) is 0.262. The van der Waals surface area contributed by atoms with E-state index in [2.05, 4.69) is 0 Å². The van der Waals surface area contributed by atoms with Crippen molar-refractivity contribution in [1.82, 2.24) is 0 Å². The van der Waals surface area contributed by atoms with E-state index in [4.69, 9.17) is 16.3 Å². The Balaban J connectivity index is 2.41. The first-order chi connectivity index (χ1) is 7.13. The fraction of sp³-hybridized carbons (Fsp3) is 0.364. The monoisotopic (exact) mass is 228 g/mol. The van der Waals surface area contributed by atoms with Crippen molar-refractivity contribution < 1.29 is 13.9 Å². The van der Waals surface area contributed by atoms with E-state index >= 15 is 0 Å². The van der Waals surface area contributed by atoms with Crippen LogP contribution in [0.5, 0.6) is 5.75 Å². The first-order valence-corrected chi connectivity index (χ1v) is 5.21. The molecule has 0 fully saturated rings. The number of carbonyl (C=O) groups is 1. The van der Waals surface area contributed by atoms with Crippen molar-refractivity contribution in [3.05, 3.63) is 28.5 Å². The number of hydrogen-bond acceptors (Lipinski definition) is 2. The van der Waals surface area contributed by atoms with E-state index in [1.807, 2.05) is 6.92 Å². The Morgan fingerprint density at radius 1 is 1.53 bits per heavy atom. The maximum Gasteiger partial charge on any atom is 0.207 e. The van der Waals surface area contributed by atoms with Gasteiger partial charge in [0.15, 0.2) is 6.10 Å². The largest absolute Gasteiger partial charge is 0.480 e. The molecule has 1 unspecified atom stereocenters. The van der Waals surface area contributed by atoms with Crippen LogP contribution in [0.15, 0.2) is 12.1 Å². The van der Waals surface area contributed by atoms with Crippen LogP contribution in [0.3, 0.4) is 0 Å². The lowest BCUT2D eigenvalue weighted by atomic mass is 10.1. The molecule has 80 valence electrons. The summed E-state index contributed by atoms with van der Waals surface area (Å²) in [6.07, 6.45) is 0.972. The molecule has 0 aromatic heterocycles. The van der Waals surface area contributed by atoms with Crippen molar-refractivity contribution >= 4 is 17.4 Å². The predicted octanol–water partition coefficient (Wildman–Crippen LogP) is 3.22. The Morgan fingerprint density at radius 2 is 2.27 bits per heavy atom. The molecule has 0 saturated carbocycles. The van der Waals surface area contributed by atoms with Gasteiger partial charge in [-0.15, -0.1) is 0 Å². The molecule has 0 radical (unpaired) electrons. The third-order valence-corrected chi connectivity index (χ3v) is 2.66. The number of fused-ring (bicyclic) bond motifs is 1. The lowest BCUT2D eigenvalue weighted by Crippen LogP contribution is -2.19. The summed E-state index contributed by atoms with van der Waals surface area (Å²) in [6.45, 7) is 1.96. The molecule has 2 rings (SSSR count). The van der Waals surface area contributed by atoms with Crippen LogP contribution >= 0.6 is 11.6 Å². The molecule has 2 nitrogen and oxygen atoms in total. The first kappa shape index (κ1) is 10.4. The molecule has 1 atom stereocenters. The average Bonchev–Trinajstić information content (AvgIpc) is 2.47. The summed E-state index contributed by atoms with van der Waals surface area (Å²) in [6, 6.07) is 2.33. The van der Waals surface area contributed by atoms with Gasteiger partial charge in [0.2, 0.25) is 5.78 Å². The number of Topliss-reactive ketones (excluding diaryl/α,β-unsaturated/α-hetero) is 1. The average molecular weight is 229 g/mol. The van der Waals surface area contributed by atoms with Crippen LogP contribution in [-0.4, -0.2) is 11.9 Å². The van der Waals surface area contributed by atoms with Crippen LogP contribution in [0, 0.1) is 5.82 Å². The second-order valence-electron chi connectivity index (χ2n) is 3.52. The topological polar surface area (TPSA) is 26.3 Å². The third-order valence-electron chi connectivity index (χ3n) is 2.38. The van der Waals surface area contributed by atoms with E-state index in [-0.39, 0.29) is 16.4 Å². The Morgan fingerprint density at radius 3 is 2.93 bits per heavy atom. The number of carbonyl (C=O) groups excluding carboxylic acids is 1. The Kier molecular flexibility index (Phi) is 2.65. The highest BCUT2D eigenvalue weighted by atomic mass is 35.5. The van der Waals surface area contributed by atoms with E-state index < -0.39 is 11.9 Å². The van der Waals surface area contributed by atoms with Gasteiger partial charge < -0.3 is 4.74 Å². The number of halogens is 2. The fourth-order valence-corrected chi connectivity index (χ4v) is 1.94. The van der Waals surface area contributed by atoms with E-state index in [1.54, 1.807) is 0 Å². The quantitative estimate of drug-likeness (QED) is 0.777. The van der Waals surface area contributed by atoms with E-state index in [9.17, 15) is 9.18 Å². The number of ether oxygens (including phenoxy) is 1. The van der Waals surface area contributed by atoms with Gasteiger partial charge in [0.25, 0.3) is 0 Å². The van der Waals surface area contributed by atoms with Gasteiger partial charge in [-0.1, -0.05) is 24.9 Å². The second-order valence-corrected chi connectivity index (χ2v) is 3.93. The first-order valence-electron chi connectivity index (χ1n) is 4.83. The highest BCUT2D eigenvalue weighted by molar-refractivity contribution is 6.33. The Labute approximate surface area is 92.0 Å². The molecule has 1 aromatic carbocycles. The van der Waals surface area contributed by atoms with E-state index in [0.717, 1.165) is 12.5 Å². The summed E-state index contributed by atoms with van der Waals surface area (Å²) < 4.78 is 18.4. The van der Waals surface area contributed by atoms with E-state index in [1.165, 1.54) is 6.07 Å². The number of hydrogen-bond donors (Lipinski definition) is 0. The summed E-state index contributed by atoms with van der Waals surface area (Å²) in [4.78, 5) is 11.7. The molecule has 1 aliphatic heterocycles. The van der Waals surface area contributed by atoms with Crippen LogP contribution in [0.25, 0.3) is 0 Å². The molecule has 0 amide bonds. The molecular formula is C11H10ClFO2. The van der Waals surface area contributed by atoms with Gasteiger partial charge in [0, 0.05) is 0 Å². The van der Waals surface area contributed by atoms with Crippen molar-refractivity contribution in [3.63, 3.8) is 0 Å². The highest BCUT2D eigenvalue weighted by Crippen LogP contribution is 2.37. The lowest BCUT2D eigenvalue weighted by Gasteiger charge is -2.07. The van der Waals surface area contributed by atoms with Crippen molar-refractivity contribution in [2.75, 3.05) is 0 Å². The minimum atomic E-state index is -0.507. The van der Waals surface area contributed by atoms with Gasteiger partial charge in [0.05, 0.1) is 10.6 Å². The fourth-order valence-electron chi connectivity index (χ4n) is 1.68. The normalized spacial score (nSPS) is 18.9. The third kappa shape index (κ3) is 1.72. The molecule has 0 aliphatic carbocycles.